The van der Waals surface area contributed by atoms with Gasteiger partial charge in [0.15, 0.2) is 0 Å². The van der Waals surface area contributed by atoms with Gasteiger partial charge in [0, 0.05) is 33.6 Å². The van der Waals surface area contributed by atoms with E-state index in [4.69, 9.17) is 11.6 Å². The quantitative estimate of drug-likeness (QED) is 0.424. The van der Waals surface area contributed by atoms with Gasteiger partial charge in [0.2, 0.25) is 0 Å². The van der Waals surface area contributed by atoms with E-state index in [0.29, 0.717) is 0 Å². The zero-order valence-corrected chi connectivity index (χ0v) is 16.3. The van der Waals surface area contributed by atoms with Gasteiger partial charge in [-0.25, -0.2) is 9.37 Å². The largest absolute Gasteiger partial charge is 0.337 e. The first kappa shape index (κ1) is 19.0. The summed E-state index contributed by atoms with van der Waals surface area (Å²) in [6, 6.07) is 14.8. The minimum absolute atomic E-state index is 0.0481. The van der Waals surface area contributed by atoms with Gasteiger partial charge in [0.25, 0.3) is 0 Å². The molecule has 3 rings (SSSR count). The molecule has 3 aromatic rings. The van der Waals surface area contributed by atoms with Crippen LogP contribution < -0.4 is 0 Å². The Morgan fingerprint density at radius 1 is 1.08 bits per heavy atom. The number of hydrogen-bond donors (Lipinski definition) is 0. The van der Waals surface area contributed by atoms with Crippen LogP contribution in [-0.4, -0.2) is 14.3 Å². The highest BCUT2D eigenvalue weighted by molar-refractivity contribution is 8.00. The Balaban J connectivity index is 1.70. The smallest absolute Gasteiger partial charge is 0.123 e. The molecule has 0 spiro atoms. The lowest BCUT2D eigenvalue weighted by Crippen LogP contribution is -2.23. The average Bonchev–Trinajstić information content (AvgIpc) is 3.16. The van der Waals surface area contributed by atoms with Crippen LogP contribution in [0.5, 0.6) is 0 Å². The van der Waals surface area contributed by atoms with E-state index in [1.54, 1.807) is 0 Å². The van der Waals surface area contributed by atoms with Gasteiger partial charge in [0.1, 0.15) is 5.82 Å². The summed E-state index contributed by atoms with van der Waals surface area (Å²) in [6.45, 7) is 3.22. The molecular formula is C21H22ClFN2S. The first-order valence-corrected chi connectivity index (χ1v) is 9.87. The molecule has 2 aromatic carbocycles. The third-order valence-corrected chi connectivity index (χ3v) is 6.15. The summed E-state index contributed by atoms with van der Waals surface area (Å²) in [5.41, 5.74) is 1.16. The van der Waals surface area contributed by atoms with Gasteiger partial charge in [-0.15, -0.1) is 11.8 Å². The minimum Gasteiger partial charge on any atom is -0.337 e. The molecule has 0 amide bonds. The molecule has 0 aliphatic heterocycles. The molecule has 1 unspecified atom stereocenters. The zero-order valence-electron chi connectivity index (χ0n) is 14.7. The van der Waals surface area contributed by atoms with Crippen molar-refractivity contribution in [1.29, 1.82) is 0 Å². The third-order valence-electron chi connectivity index (χ3n) is 4.49. The maximum atomic E-state index is 13.1. The maximum absolute atomic E-state index is 13.1. The number of thioether (sulfide) groups is 1. The van der Waals surface area contributed by atoms with Crippen LogP contribution >= 0.6 is 23.4 Å². The maximum Gasteiger partial charge on any atom is 0.123 e. The van der Waals surface area contributed by atoms with Gasteiger partial charge in [-0.05, 0) is 61.2 Å². The van der Waals surface area contributed by atoms with E-state index in [0.717, 1.165) is 36.4 Å². The lowest BCUT2D eigenvalue weighted by atomic mass is 9.97. The van der Waals surface area contributed by atoms with Crippen LogP contribution in [0.2, 0.25) is 5.02 Å². The summed E-state index contributed by atoms with van der Waals surface area (Å²) in [5.74, 6) is -0.188. The molecule has 0 N–H and O–H groups in total. The van der Waals surface area contributed by atoms with Crippen molar-refractivity contribution >= 4 is 23.4 Å². The normalized spacial score (nSPS) is 13.5. The summed E-state index contributed by atoms with van der Waals surface area (Å²) in [4.78, 5) is 5.33. The second-order valence-electron chi connectivity index (χ2n) is 6.68. The van der Waals surface area contributed by atoms with Crippen molar-refractivity contribution in [3.8, 4) is 0 Å². The zero-order chi connectivity index (χ0) is 18.4. The standard InChI is InChI=1S/C21H22ClFN2S/c1-21(12-14-25-15-13-24-16-25,26-20-8-4-18(22)5-9-20)11-10-17-2-6-19(23)7-3-17/h2-9,13,15-16H,10-12,14H2,1H3. The number of aromatic nitrogens is 2. The van der Waals surface area contributed by atoms with E-state index < -0.39 is 0 Å². The molecule has 26 heavy (non-hydrogen) atoms. The fourth-order valence-corrected chi connectivity index (χ4v) is 4.22. The summed E-state index contributed by atoms with van der Waals surface area (Å²) in [6.07, 6.45) is 8.59. The van der Waals surface area contributed by atoms with Gasteiger partial charge in [-0.2, -0.15) is 0 Å². The predicted molar refractivity (Wildman–Crippen MR) is 107 cm³/mol. The van der Waals surface area contributed by atoms with Crippen LogP contribution in [0.4, 0.5) is 4.39 Å². The van der Waals surface area contributed by atoms with Gasteiger partial charge in [-0.1, -0.05) is 30.7 Å². The Kier molecular flexibility index (Phi) is 6.38. The fourth-order valence-electron chi connectivity index (χ4n) is 2.86. The van der Waals surface area contributed by atoms with Crippen molar-refractivity contribution < 1.29 is 4.39 Å². The van der Waals surface area contributed by atoms with E-state index >= 15 is 0 Å². The van der Waals surface area contributed by atoms with Crippen LogP contribution in [0, 0.1) is 5.82 Å². The monoisotopic (exact) mass is 388 g/mol. The molecule has 2 nitrogen and oxygen atoms in total. The highest BCUT2D eigenvalue weighted by Crippen LogP contribution is 2.39. The first-order chi connectivity index (χ1) is 12.5. The molecule has 0 aliphatic carbocycles. The summed E-state index contributed by atoms with van der Waals surface area (Å²) in [5, 5.41) is 0.751. The van der Waals surface area contributed by atoms with E-state index in [-0.39, 0.29) is 10.6 Å². The van der Waals surface area contributed by atoms with Gasteiger partial charge in [-0.3, -0.25) is 0 Å². The van der Waals surface area contributed by atoms with Gasteiger partial charge < -0.3 is 4.57 Å². The van der Waals surface area contributed by atoms with Crippen LogP contribution in [0.1, 0.15) is 25.3 Å². The Bertz CT molecular complexity index is 803. The highest BCUT2D eigenvalue weighted by atomic mass is 35.5. The molecule has 0 fully saturated rings. The van der Waals surface area contributed by atoms with E-state index in [1.165, 1.54) is 17.0 Å². The Hall–Kier alpha value is -1.78. The third kappa shape index (κ3) is 5.61. The van der Waals surface area contributed by atoms with Crippen molar-refractivity contribution in [3.63, 3.8) is 0 Å². The van der Waals surface area contributed by atoms with Crippen LogP contribution in [0.25, 0.3) is 0 Å². The molecule has 136 valence electrons. The average molecular weight is 389 g/mol. The summed E-state index contributed by atoms with van der Waals surface area (Å²) in [7, 11) is 0. The molecule has 0 bridgehead atoms. The van der Waals surface area contributed by atoms with E-state index in [1.807, 2.05) is 54.7 Å². The van der Waals surface area contributed by atoms with Gasteiger partial charge in [0.05, 0.1) is 6.33 Å². The van der Waals surface area contributed by atoms with Crippen molar-refractivity contribution in [2.75, 3.05) is 0 Å². The number of imidazole rings is 1. The number of rotatable bonds is 8. The van der Waals surface area contributed by atoms with Crippen molar-refractivity contribution in [2.24, 2.45) is 0 Å². The molecule has 1 aromatic heterocycles. The lowest BCUT2D eigenvalue weighted by molar-refractivity contribution is 0.492. The molecule has 5 heteroatoms. The molecule has 0 saturated heterocycles. The Morgan fingerprint density at radius 2 is 1.81 bits per heavy atom. The number of benzene rings is 2. The second kappa shape index (κ2) is 8.74. The molecule has 1 heterocycles. The number of nitrogens with zero attached hydrogens (tertiary/aromatic N) is 2. The first-order valence-electron chi connectivity index (χ1n) is 8.67. The predicted octanol–water partition coefficient (Wildman–Crippen LogP) is 6.25. The van der Waals surface area contributed by atoms with Crippen molar-refractivity contribution in [1.82, 2.24) is 9.55 Å². The second-order valence-corrected chi connectivity index (χ2v) is 8.78. The number of aryl methyl sites for hydroxylation is 2. The van der Waals surface area contributed by atoms with Crippen LogP contribution in [0.15, 0.2) is 72.1 Å². The van der Waals surface area contributed by atoms with Crippen molar-refractivity contribution in [3.05, 3.63) is 83.7 Å². The van der Waals surface area contributed by atoms with E-state index in [9.17, 15) is 4.39 Å². The topological polar surface area (TPSA) is 17.8 Å². The summed E-state index contributed by atoms with van der Waals surface area (Å²) >= 11 is 7.89. The van der Waals surface area contributed by atoms with E-state index in [2.05, 4.69) is 28.6 Å². The molecule has 1 atom stereocenters. The van der Waals surface area contributed by atoms with Gasteiger partial charge >= 0.3 is 0 Å². The Labute approximate surface area is 163 Å². The lowest BCUT2D eigenvalue weighted by Gasteiger charge is -2.29. The van der Waals surface area contributed by atoms with Crippen LogP contribution in [-0.2, 0) is 13.0 Å². The molecule has 0 aliphatic rings. The minimum atomic E-state index is -0.188. The molecular weight excluding hydrogens is 367 g/mol. The van der Waals surface area contributed by atoms with Crippen molar-refractivity contribution in [2.45, 2.75) is 42.4 Å². The highest BCUT2D eigenvalue weighted by Gasteiger charge is 2.25. The molecule has 0 saturated carbocycles. The fraction of sp³-hybridized carbons (Fsp3) is 0.286. The number of hydrogen-bond acceptors (Lipinski definition) is 2. The number of halogens is 2. The molecule has 0 radical (unpaired) electrons. The summed E-state index contributed by atoms with van der Waals surface area (Å²) < 4.78 is 15.3. The SMILES string of the molecule is CC(CCc1ccc(F)cc1)(CCn1ccnc1)Sc1ccc(Cl)cc1. The van der Waals surface area contributed by atoms with Crippen LogP contribution in [0.3, 0.4) is 0 Å². The Morgan fingerprint density at radius 3 is 2.46 bits per heavy atom.